The first-order valence-corrected chi connectivity index (χ1v) is 15.7. The molecular weight excluding hydrogens is 517 g/mol. The second-order valence-corrected chi connectivity index (χ2v) is 11.4. The summed E-state index contributed by atoms with van der Waals surface area (Å²) in [7, 11) is 1.62. The molecule has 41 heavy (non-hydrogen) atoms. The highest BCUT2D eigenvalue weighted by Crippen LogP contribution is 2.37. The topological polar surface area (TPSA) is 68.1 Å². The standard InChI is InChI=1S/C35H50FNO4/c1-4-26(11-17-30(38)5-2)12-22-34-33(27-13-20-32(21-14-27)41-24-7-6-23-36)25-29(37-34)9-8-10-35(39)28-15-18-31(40-3)19-16-28/h13-16,18-21,26,30,33-34,38H,4-12,17,22-25H2,1-3H3. The summed E-state index contributed by atoms with van der Waals surface area (Å²) in [5, 5.41) is 10.1. The Morgan fingerprint density at radius 2 is 1.71 bits per heavy atom. The van der Waals surface area contributed by atoms with Gasteiger partial charge in [0.15, 0.2) is 5.78 Å². The average Bonchev–Trinajstić information content (AvgIpc) is 3.42. The number of benzene rings is 2. The van der Waals surface area contributed by atoms with Gasteiger partial charge in [0.25, 0.3) is 0 Å². The number of unbranched alkanes of at least 4 members (excludes halogenated alkanes) is 1. The number of alkyl halides is 1. The first-order valence-electron chi connectivity index (χ1n) is 15.7. The van der Waals surface area contributed by atoms with E-state index in [1.54, 1.807) is 7.11 Å². The smallest absolute Gasteiger partial charge is 0.162 e. The number of rotatable bonds is 20. The second kappa shape index (κ2) is 17.9. The van der Waals surface area contributed by atoms with E-state index in [0.717, 1.165) is 81.3 Å². The molecule has 0 bridgehead atoms. The number of carbonyl (C=O) groups is 1. The molecule has 1 N–H and O–H groups in total. The van der Waals surface area contributed by atoms with Gasteiger partial charge in [0, 0.05) is 23.6 Å². The Bertz CT molecular complexity index is 1050. The van der Waals surface area contributed by atoms with E-state index in [4.69, 9.17) is 14.5 Å². The maximum atomic E-state index is 12.7. The van der Waals surface area contributed by atoms with Crippen molar-refractivity contribution in [1.82, 2.24) is 0 Å². The molecule has 3 rings (SSSR count). The maximum Gasteiger partial charge on any atom is 0.162 e. The third-order valence-corrected chi connectivity index (χ3v) is 8.48. The summed E-state index contributed by atoms with van der Waals surface area (Å²) in [4.78, 5) is 17.9. The minimum absolute atomic E-state index is 0.154. The highest BCUT2D eigenvalue weighted by Gasteiger charge is 2.30. The van der Waals surface area contributed by atoms with Crippen LogP contribution < -0.4 is 9.47 Å². The van der Waals surface area contributed by atoms with Gasteiger partial charge in [0.2, 0.25) is 0 Å². The van der Waals surface area contributed by atoms with Gasteiger partial charge in [0.1, 0.15) is 11.5 Å². The van der Waals surface area contributed by atoms with E-state index >= 15 is 0 Å². The lowest BCUT2D eigenvalue weighted by atomic mass is 9.84. The summed E-state index contributed by atoms with van der Waals surface area (Å²) in [6.07, 6.45) is 10.1. The van der Waals surface area contributed by atoms with Crippen LogP contribution in [0.4, 0.5) is 4.39 Å². The fourth-order valence-corrected chi connectivity index (χ4v) is 5.70. The van der Waals surface area contributed by atoms with Crippen LogP contribution in [0.5, 0.6) is 11.5 Å². The normalized spacial score (nSPS) is 18.1. The predicted molar refractivity (Wildman–Crippen MR) is 165 cm³/mol. The second-order valence-electron chi connectivity index (χ2n) is 11.4. The molecule has 4 atom stereocenters. The minimum atomic E-state index is -0.304. The van der Waals surface area contributed by atoms with Gasteiger partial charge in [-0.1, -0.05) is 32.4 Å². The Morgan fingerprint density at radius 3 is 2.37 bits per heavy atom. The van der Waals surface area contributed by atoms with Crippen LogP contribution in [0.3, 0.4) is 0 Å². The summed E-state index contributed by atoms with van der Waals surface area (Å²) < 4.78 is 23.4. The maximum absolute atomic E-state index is 12.7. The number of ketones is 1. The summed E-state index contributed by atoms with van der Waals surface area (Å²) in [5.41, 5.74) is 3.21. The fourth-order valence-electron chi connectivity index (χ4n) is 5.70. The average molecular weight is 568 g/mol. The van der Waals surface area contributed by atoms with Crippen molar-refractivity contribution in [2.75, 3.05) is 20.4 Å². The zero-order valence-corrected chi connectivity index (χ0v) is 25.3. The minimum Gasteiger partial charge on any atom is -0.497 e. The molecule has 0 saturated heterocycles. The molecule has 226 valence electrons. The van der Waals surface area contributed by atoms with E-state index < -0.39 is 0 Å². The first kappa shape index (κ1) is 32.8. The SMILES string of the molecule is CCC(O)CCC(CC)CCC1N=C(CCCC(=O)c2ccc(OC)cc2)CC1c1ccc(OCCCCF)cc1. The fraction of sp³-hybridized carbons (Fsp3) is 0.600. The number of carbonyl (C=O) groups excluding carboxylic acids is 1. The van der Waals surface area contributed by atoms with Crippen LogP contribution in [0.2, 0.25) is 0 Å². The number of aliphatic hydroxyl groups is 1. The number of Topliss-reactive ketones (excluding diaryl/α,β-unsaturated/α-hetero) is 1. The van der Waals surface area contributed by atoms with Crippen LogP contribution >= 0.6 is 0 Å². The Balaban J connectivity index is 1.61. The van der Waals surface area contributed by atoms with Gasteiger partial charge < -0.3 is 14.6 Å². The lowest BCUT2D eigenvalue weighted by Gasteiger charge is -2.22. The highest BCUT2D eigenvalue weighted by molar-refractivity contribution is 5.96. The molecule has 0 aliphatic carbocycles. The van der Waals surface area contributed by atoms with Gasteiger partial charge in [-0.3, -0.25) is 14.2 Å². The molecule has 0 aromatic heterocycles. The molecule has 2 aromatic carbocycles. The first-order chi connectivity index (χ1) is 20.0. The van der Waals surface area contributed by atoms with Crippen molar-refractivity contribution < 1.29 is 23.8 Å². The summed E-state index contributed by atoms with van der Waals surface area (Å²) >= 11 is 0. The molecule has 6 heteroatoms. The summed E-state index contributed by atoms with van der Waals surface area (Å²) in [6, 6.07) is 15.9. The molecule has 1 heterocycles. The number of aliphatic imine (C=N–C) groups is 1. The lowest BCUT2D eigenvalue weighted by molar-refractivity contribution is 0.0980. The van der Waals surface area contributed by atoms with Crippen molar-refractivity contribution in [3.63, 3.8) is 0 Å². The van der Waals surface area contributed by atoms with Crippen LogP contribution in [0.1, 0.15) is 113 Å². The molecule has 1 aliphatic heterocycles. The quantitative estimate of drug-likeness (QED) is 0.129. The van der Waals surface area contributed by atoms with Gasteiger partial charge in [-0.2, -0.15) is 0 Å². The van der Waals surface area contributed by atoms with Crippen molar-refractivity contribution in [1.29, 1.82) is 0 Å². The highest BCUT2D eigenvalue weighted by atomic mass is 19.1. The monoisotopic (exact) mass is 567 g/mol. The molecule has 0 spiro atoms. The molecular formula is C35H50FNO4. The van der Waals surface area contributed by atoms with Gasteiger partial charge in [-0.25, -0.2) is 0 Å². The molecule has 4 unspecified atom stereocenters. The molecule has 0 amide bonds. The van der Waals surface area contributed by atoms with Crippen molar-refractivity contribution in [2.24, 2.45) is 10.9 Å². The number of ether oxygens (including phenoxy) is 2. The molecule has 2 aromatic rings. The number of nitrogens with zero attached hydrogens (tertiary/aromatic N) is 1. The van der Waals surface area contributed by atoms with Crippen molar-refractivity contribution in [2.45, 2.75) is 109 Å². The third kappa shape index (κ3) is 10.9. The largest absolute Gasteiger partial charge is 0.497 e. The number of hydrogen-bond acceptors (Lipinski definition) is 5. The summed E-state index contributed by atoms with van der Waals surface area (Å²) in [6.45, 7) is 4.51. The van der Waals surface area contributed by atoms with Crippen molar-refractivity contribution >= 4 is 11.5 Å². The Morgan fingerprint density at radius 1 is 0.976 bits per heavy atom. The van der Waals surface area contributed by atoms with Crippen molar-refractivity contribution in [3.05, 3.63) is 59.7 Å². The number of halogens is 1. The third-order valence-electron chi connectivity index (χ3n) is 8.48. The molecule has 0 saturated carbocycles. The van der Waals surface area contributed by atoms with Crippen LogP contribution in [0, 0.1) is 5.92 Å². The van der Waals surface area contributed by atoms with Gasteiger partial charge in [-0.05, 0) is 112 Å². The van der Waals surface area contributed by atoms with E-state index in [1.165, 1.54) is 11.3 Å². The van der Waals surface area contributed by atoms with Gasteiger partial charge >= 0.3 is 0 Å². The van der Waals surface area contributed by atoms with Gasteiger partial charge in [-0.15, -0.1) is 0 Å². The van der Waals surface area contributed by atoms with E-state index in [1.807, 2.05) is 43.3 Å². The number of aliphatic hydroxyl groups excluding tert-OH is 1. The Labute approximate surface area is 246 Å². The van der Waals surface area contributed by atoms with Gasteiger partial charge in [0.05, 0.1) is 32.5 Å². The molecule has 1 aliphatic rings. The van der Waals surface area contributed by atoms with Crippen molar-refractivity contribution in [3.8, 4) is 11.5 Å². The van der Waals surface area contributed by atoms with E-state index in [9.17, 15) is 14.3 Å². The van der Waals surface area contributed by atoms with Crippen LogP contribution in [0.15, 0.2) is 53.5 Å². The Hall–Kier alpha value is -2.73. The van der Waals surface area contributed by atoms with Crippen LogP contribution in [0.25, 0.3) is 0 Å². The zero-order chi connectivity index (χ0) is 29.5. The van der Waals surface area contributed by atoms with E-state index in [2.05, 4.69) is 19.1 Å². The van der Waals surface area contributed by atoms with Crippen LogP contribution in [-0.2, 0) is 0 Å². The molecule has 0 fully saturated rings. The predicted octanol–water partition coefficient (Wildman–Crippen LogP) is 8.53. The number of methoxy groups -OCH3 is 1. The molecule has 5 nitrogen and oxygen atoms in total. The zero-order valence-electron chi connectivity index (χ0n) is 25.3. The Kier molecular flexibility index (Phi) is 14.3. The molecule has 0 radical (unpaired) electrons. The summed E-state index contributed by atoms with van der Waals surface area (Å²) in [5.74, 6) is 2.64. The number of hydrogen-bond donors (Lipinski definition) is 1. The lowest BCUT2D eigenvalue weighted by Crippen LogP contribution is -2.15. The van der Waals surface area contributed by atoms with E-state index in [-0.39, 0.29) is 24.6 Å². The van der Waals surface area contributed by atoms with E-state index in [0.29, 0.717) is 31.3 Å². The van der Waals surface area contributed by atoms with Crippen LogP contribution in [-0.4, -0.2) is 49.1 Å².